The third-order valence-corrected chi connectivity index (χ3v) is 2.11. The molecule has 0 aromatic carbocycles. The highest BCUT2D eigenvalue weighted by atomic mass is 32.1. The van der Waals surface area contributed by atoms with Crippen LogP contribution in [0, 0.1) is 10.1 Å². The largest absolute Gasteiger partial charge is 0.324 e. The van der Waals surface area contributed by atoms with Gasteiger partial charge in [-0.05, 0) is 6.07 Å². The maximum Gasteiger partial charge on any atom is 0.324 e. The number of nitro groups is 1. The van der Waals surface area contributed by atoms with Crippen LogP contribution < -0.4 is 0 Å². The van der Waals surface area contributed by atoms with E-state index in [0.717, 1.165) is 11.3 Å². The molecule has 1 aromatic heterocycles. The van der Waals surface area contributed by atoms with Crippen LogP contribution in [0.4, 0.5) is 9.39 Å². The molecule has 3 nitrogen and oxygen atoms in total. The van der Waals surface area contributed by atoms with Crippen molar-refractivity contribution < 1.29 is 9.31 Å². The fourth-order valence-corrected chi connectivity index (χ4v) is 1.25. The van der Waals surface area contributed by atoms with E-state index in [9.17, 15) is 14.5 Å². The Labute approximate surface area is 65.9 Å². The first kappa shape index (κ1) is 7.87. The topological polar surface area (TPSA) is 43.1 Å². The minimum absolute atomic E-state index is 0.0706. The molecule has 0 N–H and O–H groups in total. The molecule has 0 atom stereocenters. The van der Waals surface area contributed by atoms with Crippen LogP contribution in [0.25, 0.3) is 5.83 Å². The van der Waals surface area contributed by atoms with Gasteiger partial charge < -0.3 is 0 Å². The van der Waals surface area contributed by atoms with E-state index in [2.05, 4.69) is 6.58 Å². The second-order valence-corrected chi connectivity index (χ2v) is 2.86. The van der Waals surface area contributed by atoms with E-state index in [-0.39, 0.29) is 9.88 Å². The van der Waals surface area contributed by atoms with Crippen LogP contribution in [0.1, 0.15) is 4.88 Å². The number of rotatable bonds is 2. The van der Waals surface area contributed by atoms with Gasteiger partial charge in [0.15, 0.2) is 0 Å². The molecule has 0 bridgehead atoms. The van der Waals surface area contributed by atoms with Crippen LogP contribution in [0.5, 0.6) is 0 Å². The van der Waals surface area contributed by atoms with Crippen molar-refractivity contribution >= 4 is 22.2 Å². The normalized spacial score (nSPS) is 9.55. The van der Waals surface area contributed by atoms with E-state index in [4.69, 9.17) is 0 Å². The molecule has 0 aliphatic rings. The lowest BCUT2D eigenvalue weighted by Crippen LogP contribution is -1.80. The quantitative estimate of drug-likeness (QED) is 0.509. The number of hydrogen-bond donors (Lipinski definition) is 0. The first-order valence-corrected chi connectivity index (χ1v) is 3.52. The van der Waals surface area contributed by atoms with Gasteiger partial charge in [-0.25, -0.2) is 4.39 Å². The van der Waals surface area contributed by atoms with Crippen molar-refractivity contribution in [1.82, 2.24) is 0 Å². The Morgan fingerprint density at radius 3 is 2.64 bits per heavy atom. The predicted octanol–water partition coefficient (Wildman–Crippen LogP) is 2.60. The van der Waals surface area contributed by atoms with Crippen LogP contribution in [0.3, 0.4) is 0 Å². The Morgan fingerprint density at radius 2 is 2.36 bits per heavy atom. The lowest BCUT2D eigenvalue weighted by atomic mass is 10.4. The first-order valence-electron chi connectivity index (χ1n) is 2.70. The minimum Gasteiger partial charge on any atom is -0.258 e. The summed E-state index contributed by atoms with van der Waals surface area (Å²) in [5, 5.41) is 10.0. The smallest absolute Gasteiger partial charge is 0.258 e. The van der Waals surface area contributed by atoms with E-state index in [1.807, 2.05) is 0 Å². The van der Waals surface area contributed by atoms with Crippen molar-refractivity contribution in [1.29, 1.82) is 0 Å². The molecule has 0 radical (unpaired) electrons. The summed E-state index contributed by atoms with van der Waals surface area (Å²) in [7, 11) is 0. The Morgan fingerprint density at radius 1 is 1.73 bits per heavy atom. The second kappa shape index (κ2) is 2.79. The molecule has 0 fully saturated rings. The number of nitrogens with zero attached hydrogens (tertiary/aromatic N) is 1. The van der Waals surface area contributed by atoms with Gasteiger partial charge in [-0.1, -0.05) is 17.9 Å². The van der Waals surface area contributed by atoms with Gasteiger partial charge in [0.1, 0.15) is 5.83 Å². The fourth-order valence-electron chi connectivity index (χ4n) is 0.572. The average molecular weight is 173 g/mol. The first-order chi connectivity index (χ1) is 5.11. The zero-order valence-electron chi connectivity index (χ0n) is 5.41. The molecular weight excluding hydrogens is 169 g/mol. The third-order valence-electron chi connectivity index (χ3n) is 1.04. The van der Waals surface area contributed by atoms with Crippen molar-refractivity contribution in [2.24, 2.45) is 0 Å². The Bertz CT molecular complexity index is 279. The summed E-state index contributed by atoms with van der Waals surface area (Å²) in [4.78, 5) is 9.75. The average Bonchev–Trinajstić information content (AvgIpc) is 2.33. The van der Waals surface area contributed by atoms with E-state index in [0.29, 0.717) is 0 Å². The maximum absolute atomic E-state index is 12.3. The van der Waals surface area contributed by atoms with Crippen molar-refractivity contribution in [3.05, 3.63) is 33.7 Å². The third kappa shape index (κ3) is 1.62. The Kier molecular flexibility index (Phi) is 2.00. The molecule has 11 heavy (non-hydrogen) atoms. The molecule has 1 aromatic rings. The maximum atomic E-state index is 12.3. The second-order valence-electron chi connectivity index (χ2n) is 1.80. The highest BCUT2D eigenvalue weighted by Gasteiger charge is 2.10. The SMILES string of the molecule is C=C(F)c1ccc([N+](=O)[O-])s1. The molecule has 0 aliphatic heterocycles. The van der Waals surface area contributed by atoms with Gasteiger partial charge in [0, 0.05) is 6.07 Å². The van der Waals surface area contributed by atoms with E-state index in [1.54, 1.807) is 0 Å². The molecule has 1 heterocycles. The predicted molar refractivity (Wildman–Crippen MR) is 41.1 cm³/mol. The zero-order chi connectivity index (χ0) is 8.43. The summed E-state index contributed by atoms with van der Waals surface area (Å²) < 4.78 is 12.3. The zero-order valence-corrected chi connectivity index (χ0v) is 6.23. The Balaban J connectivity index is 2.99. The molecule has 1 rings (SSSR count). The molecule has 0 amide bonds. The fraction of sp³-hybridized carbons (Fsp3) is 0. The minimum atomic E-state index is -0.636. The lowest BCUT2D eigenvalue weighted by molar-refractivity contribution is -0.380. The molecule has 0 unspecified atom stereocenters. The van der Waals surface area contributed by atoms with Gasteiger partial charge in [0.05, 0.1) is 9.80 Å². The summed E-state index contributed by atoms with van der Waals surface area (Å²) in [5.41, 5.74) is 0. The van der Waals surface area contributed by atoms with Crippen molar-refractivity contribution in [3.63, 3.8) is 0 Å². The molecule has 58 valence electrons. The number of halogens is 1. The van der Waals surface area contributed by atoms with Gasteiger partial charge in [0.2, 0.25) is 0 Å². The van der Waals surface area contributed by atoms with Crippen molar-refractivity contribution in [3.8, 4) is 0 Å². The van der Waals surface area contributed by atoms with Gasteiger partial charge >= 0.3 is 5.00 Å². The molecule has 0 saturated heterocycles. The van der Waals surface area contributed by atoms with E-state index >= 15 is 0 Å². The molecule has 5 heteroatoms. The van der Waals surface area contributed by atoms with Crippen LogP contribution in [-0.4, -0.2) is 4.92 Å². The van der Waals surface area contributed by atoms with Crippen LogP contribution >= 0.6 is 11.3 Å². The van der Waals surface area contributed by atoms with E-state index < -0.39 is 10.8 Å². The monoisotopic (exact) mass is 173 g/mol. The van der Waals surface area contributed by atoms with Gasteiger partial charge in [-0.2, -0.15) is 0 Å². The summed E-state index contributed by atoms with van der Waals surface area (Å²) >= 11 is 0.775. The summed E-state index contributed by atoms with van der Waals surface area (Å²) in [6.45, 7) is 3.02. The highest BCUT2D eigenvalue weighted by Crippen LogP contribution is 2.28. The van der Waals surface area contributed by atoms with Gasteiger partial charge in [-0.3, -0.25) is 10.1 Å². The highest BCUT2D eigenvalue weighted by molar-refractivity contribution is 7.16. The van der Waals surface area contributed by atoms with Crippen LogP contribution in [0.2, 0.25) is 0 Å². The number of thiophene rings is 1. The molecular formula is C6H4FNO2S. The summed E-state index contributed by atoms with van der Waals surface area (Å²) in [6, 6.07) is 2.59. The summed E-state index contributed by atoms with van der Waals surface area (Å²) in [6.07, 6.45) is 0. The molecule has 0 spiro atoms. The standard InChI is InChI=1S/C6H4FNO2S/c1-4(7)5-2-3-6(11-5)8(9)10/h2-3H,1H2. The Hall–Kier alpha value is -1.23. The number of hydrogen-bond acceptors (Lipinski definition) is 3. The van der Waals surface area contributed by atoms with Gasteiger partial charge in [-0.15, -0.1) is 0 Å². The van der Waals surface area contributed by atoms with Crippen molar-refractivity contribution in [2.75, 3.05) is 0 Å². The lowest BCUT2D eigenvalue weighted by Gasteiger charge is -1.83. The van der Waals surface area contributed by atoms with Crippen LogP contribution in [-0.2, 0) is 0 Å². The van der Waals surface area contributed by atoms with Crippen molar-refractivity contribution in [2.45, 2.75) is 0 Å². The van der Waals surface area contributed by atoms with Gasteiger partial charge in [0.25, 0.3) is 0 Å². The van der Waals surface area contributed by atoms with E-state index in [1.165, 1.54) is 12.1 Å². The van der Waals surface area contributed by atoms with Crippen LogP contribution in [0.15, 0.2) is 18.7 Å². The molecule has 0 aliphatic carbocycles. The molecule has 0 saturated carbocycles. The summed E-state index contributed by atoms with van der Waals surface area (Å²) in [5.74, 6) is -0.636.